The van der Waals surface area contributed by atoms with Gasteiger partial charge in [0, 0.05) is 12.5 Å². The van der Waals surface area contributed by atoms with Crippen molar-refractivity contribution in [2.45, 2.75) is 99.0 Å². The summed E-state index contributed by atoms with van der Waals surface area (Å²) < 4.78 is 0. The molecule has 2 nitrogen and oxygen atoms in total. The lowest BCUT2D eigenvalue weighted by Gasteiger charge is -2.60. The third-order valence-corrected chi connectivity index (χ3v) is 7.39. The lowest BCUT2D eigenvalue weighted by molar-refractivity contribution is -0.136. The number of carbonyl (C=O) groups is 1. The molecule has 0 bridgehead atoms. The van der Waals surface area contributed by atoms with Crippen LogP contribution >= 0.6 is 0 Å². The van der Waals surface area contributed by atoms with Gasteiger partial charge >= 0.3 is 0 Å². The molecule has 1 amide bonds. The van der Waals surface area contributed by atoms with E-state index in [1.165, 1.54) is 38.5 Å². The molecule has 134 valence electrons. The fourth-order valence-corrected chi connectivity index (χ4v) is 6.12. The zero-order valence-electron chi connectivity index (χ0n) is 16.4. The molecule has 0 aromatic rings. The van der Waals surface area contributed by atoms with Gasteiger partial charge in [0.15, 0.2) is 0 Å². The molecule has 23 heavy (non-hydrogen) atoms. The van der Waals surface area contributed by atoms with Crippen LogP contribution < -0.4 is 5.32 Å². The van der Waals surface area contributed by atoms with Crippen LogP contribution in [0.1, 0.15) is 92.9 Å². The summed E-state index contributed by atoms with van der Waals surface area (Å²) in [6.07, 6.45) is 9.85. The average molecular weight is 322 g/mol. The van der Waals surface area contributed by atoms with Crippen LogP contribution in [0.15, 0.2) is 0 Å². The first-order valence-corrected chi connectivity index (χ1v) is 10.2. The summed E-state index contributed by atoms with van der Waals surface area (Å²) in [5.41, 5.74) is 0.873. The van der Waals surface area contributed by atoms with E-state index in [1.807, 2.05) is 13.8 Å². The third-order valence-electron chi connectivity index (χ3n) is 7.39. The highest BCUT2D eigenvalue weighted by Gasteiger charge is 2.55. The largest absolute Gasteiger partial charge is 0.353 e. The summed E-state index contributed by atoms with van der Waals surface area (Å²) in [4.78, 5) is 11.8. The van der Waals surface area contributed by atoms with Crippen molar-refractivity contribution in [1.29, 1.82) is 0 Å². The van der Waals surface area contributed by atoms with E-state index < -0.39 is 0 Å². The van der Waals surface area contributed by atoms with Gasteiger partial charge in [0.2, 0.25) is 5.91 Å². The van der Waals surface area contributed by atoms with Crippen LogP contribution in [-0.4, -0.2) is 11.9 Å². The molecule has 1 N–H and O–H groups in total. The first-order valence-electron chi connectivity index (χ1n) is 10.2. The van der Waals surface area contributed by atoms with Crippen LogP contribution in [-0.2, 0) is 4.79 Å². The Kier molecular flexibility index (Phi) is 5.85. The second kappa shape index (κ2) is 7.15. The summed E-state index contributed by atoms with van der Waals surface area (Å²) >= 11 is 0. The Morgan fingerprint density at radius 1 is 1.09 bits per heavy atom. The van der Waals surface area contributed by atoms with Crippen LogP contribution in [0.25, 0.3) is 0 Å². The lowest BCUT2D eigenvalue weighted by Crippen LogP contribution is -2.60. The lowest BCUT2D eigenvalue weighted by atomic mass is 9.47. The minimum Gasteiger partial charge on any atom is -0.353 e. The third kappa shape index (κ3) is 3.33. The second-order valence-electron chi connectivity index (χ2n) is 8.90. The van der Waals surface area contributed by atoms with Crippen molar-refractivity contribution in [2.24, 2.45) is 28.6 Å². The molecular formula is C21H39NO. The first-order chi connectivity index (χ1) is 10.9. The number of rotatable bonds is 2. The van der Waals surface area contributed by atoms with E-state index in [-0.39, 0.29) is 5.91 Å². The van der Waals surface area contributed by atoms with Gasteiger partial charge in [-0.15, -0.1) is 0 Å². The van der Waals surface area contributed by atoms with Crippen molar-refractivity contribution in [3.8, 4) is 0 Å². The first kappa shape index (κ1) is 18.8. The Labute approximate surface area is 144 Å². The van der Waals surface area contributed by atoms with Gasteiger partial charge in [-0.3, -0.25) is 4.79 Å². The molecule has 3 rings (SSSR count). The standard InChI is InChI=1S/C19H33NO.C2H6/c1-5-6-14-13-7-8-16-19(4,12-10-17(21)20-16)15(13)9-11-18(14,2)3;1-2/h13-16H,5-12H2,1-4H3,(H,20,21);1-2H3. The zero-order chi connectivity index (χ0) is 17.3. The molecule has 2 saturated carbocycles. The van der Waals surface area contributed by atoms with Crippen LogP contribution in [0.3, 0.4) is 0 Å². The van der Waals surface area contributed by atoms with Crippen molar-refractivity contribution < 1.29 is 4.79 Å². The van der Waals surface area contributed by atoms with Gasteiger partial charge in [0.05, 0.1) is 0 Å². The van der Waals surface area contributed by atoms with E-state index in [4.69, 9.17) is 0 Å². The molecule has 1 heterocycles. The predicted octanol–water partition coefficient (Wildman–Crippen LogP) is 5.56. The highest BCUT2D eigenvalue weighted by Crippen LogP contribution is 2.60. The Morgan fingerprint density at radius 3 is 2.43 bits per heavy atom. The van der Waals surface area contributed by atoms with Gasteiger partial charge in [0.25, 0.3) is 0 Å². The van der Waals surface area contributed by atoms with Crippen molar-refractivity contribution in [2.75, 3.05) is 0 Å². The monoisotopic (exact) mass is 321 g/mol. The van der Waals surface area contributed by atoms with E-state index in [0.29, 0.717) is 16.9 Å². The highest BCUT2D eigenvalue weighted by atomic mass is 16.1. The molecule has 0 spiro atoms. The Balaban J connectivity index is 0.000000924. The summed E-state index contributed by atoms with van der Waals surface area (Å²) in [6.45, 7) is 13.8. The van der Waals surface area contributed by atoms with E-state index in [1.54, 1.807) is 0 Å². The summed E-state index contributed by atoms with van der Waals surface area (Å²) in [6, 6.07) is 0.448. The molecule has 3 aliphatic rings. The predicted molar refractivity (Wildman–Crippen MR) is 98.2 cm³/mol. The van der Waals surface area contributed by atoms with Crippen LogP contribution in [0.2, 0.25) is 0 Å². The molecule has 5 unspecified atom stereocenters. The highest BCUT2D eigenvalue weighted by molar-refractivity contribution is 5.77. The molecule has 2 aliphatic carbocycles. The normalized spacial score (nSPS) is 41.7. The van der Waals surface area contributed by atoms with E-state index in [2.05, 4.69) is 33.0 Å². The Bertz CT molecular complexity index is 416. The zero-order valence-corrected chi connectivity index (χ0v) is 16.4. The summed E-state index contributed by atoms with van der Waals surface area (Å²) in [7, 11) is 0. The fourth-order valence-electron chi connectivity index (χ4n) is 6.12. The molecule has 0 aromatic carbocycles. The van der Waals surface area contributed by atoms with Crippen LogP contribution in [0, 0.1) is 28.6 Å². The van der Waals surface area contributed by atoms with Crippen molar-refractivity contribution in [1.82, 2.24) is 5.32 Å². The maximum absolute atomic E-state index is 11.8. The van der Waals surface area contributed by atoms with Crippen molar-refractivity contribution >= 4 is 5.91 Å². The minimum atomic E-state index is 0.289. The average Bonchev–Trinajstić information content (AvgIpc) is 2.52. The molecule has 2 heteroatoms. The van der Waals surface area contributed by atoms with E-state index in [0.717, 1.165) is 30.6 Å². The van der Waals surface area contributed by atoms with Gasteiger partial charge in [-0.2, -0.15) is 0 Å². The number of amides is 1. The molecule has 5 atom stereocenters. The topological polar surface area (TPSA) is 29.1 Å². The van der Waals surface area contributed by atoms with Crippen LogP contribution in [0.4, 0.5) is 0 Å². The van der Waals surface area contributed by atoms with Gasteiger partial charge in [-0.1, -0.05) is 48.0 Å². The summed E-state index contributed by atoms with van der Waals surface area (Å²) in [5.74, 6) is 2.90. The van der Waals surface area contributed by atoms with Gasteiger partial charge < -0.3 is 5.32 Å². The molecule has 0 aromatic heterocycles. The van der Waals surface area contributed by atoms with Gasteiger partial charge in [0.1, 0.15) is 0 Å². The second-order valence-corrected chi connectivity index (χ2v) is 8.90. The number of hydrogen-bond acceptors (Lipinski definition) is 1. The van der Waals surface area contributed by atoms with Crippen molar-refractivity contribution in [3.05, 3.63) is 0 Å². The molecular weight excluding hydrogens is 282 g/mol. The SMILES string of the molecule is CC.CCCC1C2CCC3NC(=O)CCC3(C)C2CCC1(C)C. The van der Waals surface area contributed by atoms with E-state index in [9.17, 15) is 4.79 Å². The summed E-state index contributed by atoms with van der Waals surface area (Å²) in [5, 5.41) is 3.32. The minimum absolute atomic E-state index is 0.289. The molecule has 3 fully saturated rings. The van der Waals surface area contributed by atoms with E-state index >= 15 is 0 Å². The van der Waals surface area contributed by atoms with Gasteiger partial charge in [-0.25, -0.2) is 0 Å². The number of piperidine rings is 1. The maximum Gasteiger partial charge on any atom is 0.220 e. The Morgan fingerprint density at radius 2 is 1.78 bits per heavy atom. The quantitative estimate of drug-likeness (QED) is 0.708. The number of nitrogens with one attached hydrogen (secondary N) is 1. The fraction of sp³-hybridized carbons (Fsp3) is 0.952. The number of carbonyl (C=O) groups excluding carboxylic acids is 1. The Hall–Kier alpha value is -0.530. The smallest absolute Gasteiger partial charge is 0.220 e. The van der Waals surface area contributed by atoms with Crippen molar-refractivity contribution in [3.63, 3.8) is 0 Å². The molecule has 1 saturated heterocycles. The number of fused-ring (bicyclic) bond motifs is 3. The maximum atomic E-state index is 11.8. The molecule has 0 radical (unpaired) electrons. The molecule has 1 aliphatic heterocycles. The van der Waals surface area contributed by atoms with Crippen LogP contribution in [0.5, 0.6) is 0 Å². The van der Waals surface area contributed by atoms with Gasteiger partial charge in [-0.05, 0) is 67.1 Å². The number of hydrogen-bond donors (Lipinski definition) is 1.